The molecule has 1 aliphatic heterocycles. The molecule has 0 spiro atoms. The fourth-order valence-corrected chi connectivity index (χ4v) is 4.55. The number of thiophene rings is 1. The Morgan fingerprint density at radius 2 is 1.89 bits per heavy atom. The normalized spacial score (nSPS) is 14.9. The summed E-state index contributed by atoms with van der Waals surface area (Å²) in [5.74, 6) is 0.935. The van der Waals surface area contributed by atoms with Crippen molar-refractivity contribution in [3.8, 4) is 16.2 Å². The van der Waals surface area contributed by atoms with Crippen molar-refractivity contribution in [2.75, 3.05) is 39.5 Å². The lowest BCUT2D eigenvalue weighted by atomic mass is 10.0. The SMILES string of the molecule is Clc1cccc(-c2sccc2Cc2cccc(OCCN3CCOCC3)c2)c1. The van der Waals surface area contributed by atoms with Gasteiger partial charge in [0.25, 0.3) is 0 Å². The Bertz CT molecular complexity index is 905. The van der Waals surface area contributed by atoms with E-state index in [4.69, 9.17) is 21.1 Å². The van der Waals surface area contributed by atoms with E-state index >= 15 is 0 Å². The highest BCUT2D eigenvalue weighted by Gasteiger charge is 2.11. The van der Waals surface area contributed by atoms with Gasteiger partial charge in [-0.2, -0.15) is 0 Å². The van der Waals surface area contributed by atoms with Crippen LogP contribution in [0.3, 0.4) is 0 Å². The summed E-state index contributed by atoms with van der Waals surface area (Å²) in [6.45, 7) is 5.28. The molecule has 0 aliphatic carbocycles. The average molecular weight is 414 g/mol. The maximum absolute atomic E-state index is 6.18. The summed E-state index contributed by atoms with van der Waals surface area (Å²) in [5.41, 5.74) is 3.75. The molecule has 0 N–H and O–H groups in total. The van der Waals surface area contributed by atoms with E-state index in [1.54, 1.807) is 11.3 Å². The zero-order chi connectivity index (χ0) is 19.2. The molecule has 5 heteroatoms. The van der Waals surface area contributed by atoms with E-state index in [1.807, 2.05) is 24.3 Å². The number of benzene rings is 2. The zero-order valence-corrected chi connectivity index (χ0v) is 17.3. The van der Waals surface area contributed by atoms with Crippen LogP contribution in [0.4, 0.5) is 0 Å². The lowest BCUT2D eigenvalue weighted by molar-refractivity contribution is 0.0322. The predicted molar refractivity (Wildman–Crippen MR) is 117 cm³/mol. The van der Waals surface area contributed by atoms with Gasteiger partial charge in [0, 0.05) is 29.5 Å². The number of ether oxygens (including phenoxy) is 2. The van der Waals surface area contributed by atoms with E-state index in [1.165, 1.54) is 21.6 Å². The molecule has 1 aromatic heterocycles. The highest BCUT2D eigenvalue weighted by molar-refractivity contribution is 7.13. The summed E-state index contributed by atoms with van der Waals surface area (Å²) in [6.07, 6.45) is 0.881. The van der Waals surface area contributed by atoms with Crippen LogP contribution >= 0.6 is 22.9 Å². The van der Waals surface area contributed by atoms with Gasteiger partial charge in [0.05, 0.1) is 13.2 Å². The predicted octanol–water partition coefficient (Wildman–Crippen LogP) is 5.37. The third-order valence-corrected chi connectivity index (χ3v) is 6.15. The number of hydrogen-bond acceptors (Lipinski definition) is 4. The fraction of sp³-hybridized carbons (Fsp3) is 0.304. The zero-order valence-electron chi connectivity index (χ0n) is 15.8. The van der Waals surface area contributed by atoms with Crippen molar-refractivity contribution in [3.05, 3.63) is 76.1 Å². The van der Waals surface area contributed by atoms with Crippen molar-refractivity contribution < 1.29 is 9.47 Å². The molecule has 0 radical (unpaired) electrons. The molecule has 2 aromatic carbocycles. The van der Waals surface area contributed by atoms with Crippen LogP contribution in [0, 0.1) is 0 Å². The highest BCUT2D eigenvalue weighted by atomic mass is 35.5. The molecule has 3 nitrogen and oxygen atoms in total. The van der Waals surface area contributed by atoms with Gasteiger partial charge in [-0.1, -0.05) is 35.9 Å². The first-order chi connectivity index (χ1) is 13.8. The summed E-state index contributed by atoms with van der Waals surface area (Å²) < 4.78 is 11.4. The van der Waals surface area contributed by atoms with Gasteiger partial charge in [-0.3, -0.25) is 4.90 Å². The first kappa shape index (κ1) is 19.5. The van der Waals surface area contributed by atoms with Gasteiger partial charge in [0.2, 0.25) is 0 Å². The lowest BCUT2D eigenvalue weighted by Crippen LogP contribution is -2.38. The Morgan fingerprint density at radius 3 is 2.75 bits per heavy atom. The summed E-state index contributed by atoms with van der Waals surface area (Å²) >= 11 is 7.94. The third kappa shape index (κ3) is 5.15. The topological polar surface area (TPSA) is 21.7 Å². The molecule has 3 aromatic rings. The fourth-order valence-electron chi connectivity index (χ4n) is 3.44. The van der Waals surface area contributed by atoms with Gasteiger partial charge in [-0.15, -0.1) is 11.3 Å². The summed E-state index contributed by atoms with van der Waals surface area (Å²) in [7, 11) is 0. The molecule has 2 heterocycles. The van der Waals surface area contributed by atoms with Crippen LogP contribution in [0.1, 0.15) is 11.1 Å². The Labute approximate surface area is 175 Å². The van der Waals surface area contributed by atoms with E-state index in [0.717, 1.165) is 50.0 Å². The number of morpholine rings is 1. The Balaban J connectivity index is 1.39. The van der Waals surface area contributed by atoms with Gasteiger partial charge in [0.15, 0.2) is 0 Å². The molecule has 0 unspecified atom stereocenters. The number of halogens is 1. The van der Waals surface area contributed by atoms with Crippen LogP contribution in [-0.2, 0) is 11.2 Å². The van der Waals surface area contributed by atoms with Crippen LogP contribution in [0.2, 0.25) is 5.02 Å². The molecule has 1 saturated heterocycles. The third-order valence-electron chi connectivity index (χ3n) is 4.91. The molecule has 146 valence electrons. The molecular weight excluding hydrogens is 390 g/mol. The van der Waals surface area contributed by atoms with E-state index in [0.29, 0.717) is 6.61 Å². The van der Waals surface area contributed by atoms with E-state index < -0.39 is 0 Å². The summed E-state index contributed by atoms with van der Waals surface area (Å²) in [6, 6.07) is 18.7. The minimum Gasteiger partial charge on any atom is -0.492 e. The smallest absolute Gasteiger partial charge is 0.119 e. The Morgan fingerprint density at radius 1 is 1.04 bits per heavy atom. The number of rotatable bonds is 7. The molecule has 0 bridgehead atoms. The molecule has 0 atom stereocenters. The van der Waals surface area contributed by atoms with Crippen molar-refractivity contribution >= 4 is 22.9 Å². The minimum atomic E-state index is 0.704. The van der Waals surface area contributed by atoms with E-state index in [2.05, 4.69) is 40.6 Å². The van der Waals surface area contributed by atoms with Crippen LogP contribution in [0.5, 0.6) is 5.75 Å². The van der Waals surface area contributed by atoms with Crippen molar-refractivity contribution in [2.24, 2.45) is 0 Å². The molecule has 0 saturated carbocycles. The van der Waals surface area contributed by atoms with Crippen LogP contribution in [0.15, 0.2) is 60.0 Å². The highest BCUT2D eigenvalue weighted by Crippen LogP contribution is 2.33. The largest absolute Gasteiger partial charge is 0.492 e. The summed E-state index contributed by atoms with van der Waals surface area (Å²) in [5, 5.41) is 2.92. The average Bonchev–Trinajstić information content (AvgIpc) is 3.17. The van der Waals surface area contributed by atoms with E-state index in [-0.39, 0.29) is 0 Å². The standard InChI is InChI=1S/C23H24ClNO2S/c24-21-5-2-4-19(17-21)23-20(7-14-28-23)15-18-3-1-6-22(16-18)27-13-10-25-8-11-26-12-9-25/h1-7,14,16-17H,8-13,15H2. The first-order valence-corrected chi connectivity index (χ1v) is 10.9. The molecule has 28 heavy (non-hydrogen) atoms. The van der Waals surface area contributed by atoms with Gasteiger partial charge < -0.3 is 9.47 Å². The maximum atomic E-state index is 6.18. The van der Waals surface area contributed by atoms with Crippen LogP contribution < -0.4 is 4.74 Å². The minimum absolute atomic E-state index is 0.704. The Kier molecular flexibility index (Phi) is 6.65. The van der Waals surface area contributed by atoms with Gasteiger partial charge in [0.1, 0.15) is 12.4 Å². The monoisotopic (exact) mass is 413 g/mol. The number of nitrogens with zero attached hydrogens (tertiary/aromatic N) is 1. The Hall–Kier alpha value is -1.85. The second kappa shape index (κ2) is 9.57. The van der Waals surface area contributed by atoms with Crippen molar-refractivity contribution in [3.63, 3.8) is 0 Å². The van der Waals surface area contributed by atoms with Crippen LogP contribution in [0.25, 0.3) is 10.4 Å². The second-order valence-corrected chi connectivity index (χ2v) is 8.26. The molecule has 1 fully saturated rings. The molecule has 0 amide bonds. The second-order valence-electron chi connectivity index (χ2n) is 6.91. The molecule has 1 aliphatic rings. The maximum Gasteiger partial charge on any atom is 0.119 e. The van der Waals surface area contributed by atoms with Crippen LogP contribution in [-0.4, -0.2) is 44.4 Å². The van der Waals surface area contributed by atoms with Crippen molar-refractivity contribution in [2.45, 2.75) is 6.42 Å². The van der Waals surface area contributed by atoms with Crippen molar-refractivity contribution in [1.82, 2.24) is 4.90 Å². The molecular formula is C23H24ClNO2S. The lowest BCUT2D eigenvalue weighted by Gasteiger charge is -2.26. The summed E-state index contributed by atoms with van der Waals surface area (Å²) in [4.78, 5) is 3.66. The quantitative estimate of drug-likeness (QED) is 0.519. The van der Waals surface area contributed by atoms with Gasteiger partial charge in [-0.05, 0) is 58.8 Å². The molecule has 4 rings (SSSR count). The number of hydrogen-bond donors (Lipinski definition) is 0. The van der Waals surface area contributed by atoms with E-state index in [9.17, 15) is 0 Å². The first-order valence-electron chi connectivity index (χ1n) is 9.62. The van der Waals surface area contributed by atoms with Gasteiger partial charge >= 0.3 is 0 Å². The van der Waals surface area contributed by atoms with Gasteiger partial charge in [-0.25, -0.2) is 0 Å². The van der Waals surface area contributed by atoms with Crippen molar-refractivity contribution in [1.29, 1.82) is 0 Å².